The number of carboxylic acids is 2. The summed E-state index contributed by atoms with van der Waals surface area (Å²) < 4.78 is 0. The minimum atomic E-state index is -0.759. The second-order valence-electron chi connectivity index (χ2n) is 5.38. The number of hydrogen-bond donors (Lipinski definition) is 5. The van der Waals surface area contributed by atoms with Gasteiger partial charge in [0.25, 0.3) is 0 Å². The molecular formula is C15H30O7. The van der Waals surface area contributed by atoms with E-state index in [0.717, 1.165) is 19.3 Å². The second kappa shape index (κ2) is 14.7. The highest BCUT2D eigenvalue weighted by Crippen LogP contribution is 2.18. The third-order valence-corrected chi connectivity index (χ3v) is 3.54. The molecule has 0 aromatic carbocycles. The van der Waals surface area contributed by atoms with Crippen molar-refractivity contribution in [2.24, 2.45) is 5.41 Å². The normalized spacial score (nSPS) is 10.7. The summed E-state index contributed by atoms with van der Waals surface area (Å²) in [5.74, 6) is -1.52. The number of aliphatic hydroxyl groups is 3. The molecule has 7 nitrogen and oxygen atoms in total. The van der Waals surface area contributed by atoms with Gasteiger partial charge in [0, 0.05) is 18.3 Å². The molecule has 7 heteroatoms. The lowest BCUT2D eigenvalue weighted by Crippen LogP contribution is -2.32. The molecule has 5 N–H and O–H groups in total. The van der Waals surface area contributed by atoms with Crippen LogP contribution in [0.2, 0.25) is 0 Å². The van der Waals surface area contributed by atoms with Crippen LogP contribution in [0.4, 0.5) is 0 Å². The number of unbranched alkanes of at least 4 members (excludes halogenated alkanes) is 4. The Morgan fingerprint density at radius 2 is 1.05 bits per heavy atom. The van der Waals surface area contributed by atoms with Crippen molar-refractivity contribution in [3.8, 4) is 0 Å². The number of hydrogen-bond acceptors (Lipinski definition) is 5. The van der Waals surface area contributed by atoms with Gasteiger partial charge in [-0.05, 0) is 19.3 Å². The molecule has 0 amide bonds. The Morgan fingerprint density at radius 3 is 1.23 bits per heavy atom. The van der Waals surface area contributed by atoms with E-state index in [2.05, 4.69) is 0 Å². The predicted molar refractivity (Wildman–Crippen MR) is 81.6 cm³/mol. The summed E-state index contributed by atoms with van der Waals surface area (Å²) >= 11 is 0. The minimum absolute atomic E-state index is 0.156. The van der Waals surface area contributed by atoms with E-state index in [4.69, 9.17) is 25.5 Å². The highest BCUT2D eigenvalue weighted by atomic mass is 16.4. The zero-order valence-electron chi connectivity index (χ0n) is 13.3. The van der Waals surface area contributed by atoms with Gasteiger partial charge in [-0.15, -0.1) is 0 Å². The highest BCUT2D eigenvalue weighted by Gasteiger charge is 2.24. The Labute approximate surface area is 131 Å². The van der Waals surface area contributed by atoms with Crippen LogP contribution in [-0.4, -0.2) is 57.3 Å². The molecule has 0 bridgehead atoms. The summed E-state index contributed by atoms with van der Waals surface area (Å²) in [4.78, 5) is 20.2. The van der Waals surface area contributed by atoms with Gasteiger partial charge in [0.15, 0.2) is 0 Å². The van der Waals surface area contributed by atoms with Crippen molar-refractivity contribution in [3.05, 3.63) is 0 Å². The number of carbonyl (C=O) groups is 2. The number of carboxylic acid groups (broad SMARTS) is 2. The van der Waals surface area contributed by atoms with Crippen LogP contribution in [0.1, 0.15) is 58.3 Å². The van der Waals surface area contributed by atoms with Crippen molar-refractivity contribution in [3.63, 3.8) is 0 Å². The summed E-state index contributed by atoms with van der Waals surface area (Å²) in [6, 6.07) is 0. The topological polar surface area (TPSA) is 135 Å². The van der Waals surface area contributed by atoms with E-state index >= 15 is 0 Å². The first-order valence-electron chi connectivity index (χ1n) is 7.63. The SMILES string of the molecule is CCC(CO)(CO)CO.O=C(O)CCCCCCCC(=O)O. The van der Waals surface area contributed by atoms with Crippen LogP contribution >= 0.6 is 0 Å². The first-order valence-corrected chi connectivity index (χ1v) is 7.63. The molecule has 0 radical (unpaired) electrons. The Bertz CT molecular complexity index is 252. The van der Waals surface area contributed by atoms with Gasteiger partial charge in [0.1, 0.15) is 0 Å². The Balaban J connectivity index is 0. The number of aliphatic hydroxyl groups excluding tert-OH is 3. The van der Waals surface area contributed by atoms with E-state index in [9.17, 15) is 9.59 Å². The monoisotopic (exact) mass is 322 g/mol. The zero-order chi connectivity index (χ0) is 17.4. The maximum Gasteiger partial charge on any atom is 0.303 e. The maximum atomic E-state index is 10.1. The molecule has 0 spiro atoms. The van der Waals surface area contributed by atoms with E-state index in [1.807, 2.05) is 6.92 Å². The predicted octanol–water partition coefficient (Wildman–Crippen LogP) is 1.25. The standard InChI is InChI=1S/C9H16O4.C6H14O3/c10-8(11)6-4-2-1-3-5-7-9(12)13;1-2-6(3-7,4-8)5-9/h1-7H2,(H,10,11)(H,12,13);7-9H,2-5H2,1H3. The average Bonchev–Trinajstić information content (AvgIpc) is 2.49. The van der Waals surface area contributed by atoms with Crippen molar-refractivity contribution in [1.82, 2.24) is 0 Å². The van der Waals surface area contributed by atoms with Crippen LogP contribution in [-0.2, 0) is 9.59 Å². The first-order chi connectivity index (χ1) is 10.4. The molecule has 0 aliphatic rings. The molecule has 0 aromatic heterocycles. The van der Waals surface area contributed by atoms with E-state index in [-0.39, 0.29) is 32.7 Å². The lowest BCUT2D eigenvalue weighted by Gasteiger charge is -2.24. The summed E-state index contributed by atoms with van der Waals surface area (Å²) in [6.07, 6.45) is 5.12. The maximum absolute atomic E-state index is 10.1. The average molecular weight is 322 g/mol. The third-order valence-electron chi connectivity index (χ3n) is 3.54. The summed E-state index contributed by atoms with van der Waals surface area (Å²) in [6.45, 7) is 1.35. The molecule has 0 aliphatic carbocycles. The van der Waals surface area contributed by atoms with Crippen LogP contribution in [0.15, 0.2) is 0 Å². The molecule has 0 heterocycles. The molecule has 0 unspecified atom stereocenters. The quantitative estimate of drug-likeness (QED) is 0.341. The largest absolute Gasteiger partial charge is 0.481 e. The highest BCUT2D eigenvalue weighted by molar-refractivity contribution is 5.66. The molecule has 0 aromatic rings. The molecule has 0 atom stereocenters. The lowest BCUT2D eigenvalue weighted by atomic mass is 9.88. The zero-order valence-corrected chi connectivity index (χ0v) is 13.3. The lowest BCUT2D eigenvalue weighted by molar-refractivity contribution is -0.138. The van der Waals surface area contributed by atoms with Crippen LogP contribution < -0.4 is 0 Å². The van der Waals surface area contributed by atoms with Crippen LogP contribution in [0, 0.1) is 5.41 Å². The van der Waals surface area contributed by atoms with Gasteiger partial charge >= 0.3 is 11.9 Å². The Morgan fingerprint density at radius 1 is 0.727 bits per heavy atom. The molecule has 0 saturated carbocycles. The molecule has 22 heavy (non-hydrogen) atoms. The number of aliphatic carboxylic acids is 2. The Hall–Kier alpha value is -1.18. The van der Waals surface area contributed by atoms with Gasteiger partial charge in [-0.3, -0.25) is 9.59 Å². The van der Waals surface area contributed by atoms with E-state index in [1.165, 1.54) is 0 Å². The molecule has 132 valence electrons. The molecule has 0 saturated heterocycles. The van der Waals surface area contributed by atoms with Crippen molar-refractivity contribution in [2.75, 3.05) is 19.8 Å². The first kappa shape index (κ1) is 23.1. The molecular weight excluding hydrogens is 292 g/mol. The van der Waals surface area contributed by atoms with Crippen molar-refractivity contribution < 1.29 is 35.1 Å². The van der Waals surface area contributed by atoms with Crippen LogP contribution in [0.3, 0.4) is 0 Å². The fraction of sp³-hybridized carbons (Fsp3) is 0.867. The van der Waals surface area contributed by atoms with E-state index in [1.54, 1.807) is 0 Å². The summed E-state index contributed by atoms with van der Waals surface area (Å²) in [5.41, 5.74) is -0.667. The van der Waals surface area contributed by atoms with Gasteiger partial charge in [0.2, 0.25) is 0 Å². The van der Waals surface area contributed by atoms with Gasteiger partial charge in [-0.25, -0.2) is 0 Å². The van der Waals surface area contributed by atoms with Crippen molar-refractivity contribution in [2.45, 2.75) is 58.3 Å². The molecule has 0 rings (SSSR count). The van der Waals surface area contributed by atoms with Crippen molar-refractivity contribution in [1.29, 1.82) is 0 Å². The van der Waals surface area contributed by atoms with Crippen LogP contribution in [0.25, 0.3) is 0 Å². The smallest absolute Gasteiger partial charge is 0.303 e. The van der Waals surface area contributed by atoms with Gasteiger partial charge in [0.05, 0.1) is 19.8 Å². The number of rotatable bonds is 12. The molecule has 0 aliphatic heterocycles. The van der Waals surface area contributed by atoms with Crippen LogP contribution in [0.5, 0.6) is 0 Å². The van der Waals surface area contributed by atoms with Gasteiger partial charge < -0.3 is 25.5 Å². The molecule has 0 fully saturated rings. The summed E-state index contributed by atoms with van der Waals surface area (Å²) in [7, 11) is 0. The Kier molecular flexibility index (Phi) is 15.5. The van der Waals surface area contributed by atoms with E-state index < -0.39 is 17.4 Å². The summed E-state index contributed by atoms with van der Waals surface area (Å²) in [5, 5.41) is 42.6. The van der Waals surface area contributed by atoms with Gasteiger partial charge in [-0.2, -0.15) is 0 Å². The van der Waals surface area contributed by atoms with Crippen molar-refractivity contribution >= 4 is 11.9 Å². The fourth-order valence-corrected chi connectivity index (χ4v) is 1.57. The minimum Gasteiger partial charge on any atom is -0.481 e. The van der Waals surface area contributed by atoms with E-state index in [0.29, 0.717) is 19.3 Å². The third kappa shape index (κ3) is 13.8. The second-order valence-corrected chi connectivity index (χ2v) is 5.38. The fourth-order valence-electron chi connectivity index (χ4n) is 1.57. The van der Waals surface area contributed by atoms with Gasteiger partial charge in [-0.1, -0.05) is 26.2 Å².